The van der Waals surface area contributed by atoms with Crippen LogP contribution in [0.25, 0.3) is 0 Å². The first-order valence-corrected chi connectivity index (χ1v) is 3.05. The van der Waals surface area contributed by atoms with Crippen LogP contribution in [0, 0.1) is 5.92 Å². The molecular weight excluding hydrogens is 125 g/mol. The molecular formula is C6H9LiNO2-. The van der Waals surface area contributed by atoms with E-state index in [0.29, 0.717) is 6.04 Å². The molecule has 1 saturated heterocycles. The molecule has 1 aliphatic heterocycles. The van der Waals surface area contributed by atoms with Crippen molar-refractivity contribution >= 4 is 6.29 Å². The molecule has 2 rings (SSSR count). The van der Waals surface area contributed by atoms with Gasteiger partial charge in [0.2, 0.25) is 0 Å². The largest absolute Gasteiger partial charge is 1.00 e. The molecule has 2 atom stereocenters. The maximum Gasteiger partial charge on any atom is 1.00 e. The average molecular weight is 134 g/mol. The van der Waals surface area contributed by atoms with E-state index in [1.54, 1.807) is 0 Å². The average Bonchev–Trinajstić information content (AvgIpc) is 2.62. The first kappa shape index (κ1) is 10.2. The topological polar surface area (TPSA) is 69.0 Å². The summed E-state index contributed by atoms with van der Waals surface area (Å²) in [6.45, 7) is 0. The van der Waals surface area contributed by atoms with Crippen molar-refractivity contribution in [3.63, 3.8) is 0 Å². The van der Waals surface area contributed by atoms with E-state index >= 15 is 0 Å². The van der Waals surface area contributed by atoms with Crippen molar-refractivity contribution in [2.24, 2.45) is 5.92 Å². The Morgan fingerprint density at radius 2 is 2.00 bits per heavy atom. The zero-order valence-corrected chi connectivity index (χ0v) is 6.00. The molecule has 3 nitrogen and oxygen atoms in total. The summed E-state index contributed by atoms with van der Waals surface area (Å²) >= 11 is 0. The van der Waals surface area contributed by atoms with Gasteiger partial charge >= 0.3 is 18.9 Å². The Hall–Kier alpha value is 0.187. The molecule has 4 heteroatoms. The molecule has 1 saturated carbocycles. The second kappa shape index (κ2) is 3.54. The molecule has 0 radical (unpaired) electrons. The minimum atomic E-state index is 0. The predicted molar refractivity (Wildman–Crippen MR) is 31.1 cm³/mol. The molecule has 10 heavy (non-hydrogen) atoms. The van der Waals surface area contributed by atoms with Crippen LogP contribution in [-0.2, 0) is 4.79 Å². The monoisotopic (exact) mass is 134 g/mol. The molecule has 0 amide bonds. The zero-order valence-electron chi connectivity index (χ0n) is 6.00. The molecule has 2 N–H and O–H groups in total. The number of hydrogen-bond donors (Lipinski definition) is 1. The van der Waals surface area contributed by atoms with Gasteiger partial charge in [0.1, 0.15) is 0 Å². The molecule has 0 aromatic carbocycles. The van der Waals surface area contributed by atoms with E-state index in [2.05, 4.69) is 5.32 Å². The standard InChI is InChI=1S/C6H8NO.Li.H2O/c8-3-5-6(7-5)4-1-2-4;;/h4-7H,1-2H2;;1H2/q-1;+1;/p-1/t5-,6-;;/m0../s1. The minimum Gasteiger partial charge on any atom is -0.870 e. The van der Waals surface area contributed by atoms with Crippen molar-refractivity contribution in [3.05, 3.63) is 0 Å². The summed E-state index contributed by atoms with van der Waals surface area (Å²) in [4.78, 5) is 9.92. The van der Waals surface area contributed by atoms with Crippen LogP contribution in [0.3, 0.4) is 0 Å². The first-order chi connectivity index (χ1) is 3.92. The zero-order chi connectivity index (χ0) is 5.56. The van der Waals surface area contributed by atoms with Gasteiger partial charge in [-0.15, -0.1) is 0 Å². The van der Waals surface area contributed by atoms with Crippen molar-refractivity contribution < 1.29 is 29.1 Å². The van der Waals surface area contributed by atoms with Crippen molar-refractivity contribution in [2.45, 2.75) is 24.9 Å². The smallest absolute Gasteiger partial charge is 0.870 e. The number of nitrogens with one attached hydrogen (secondary N) is 1. The van der Waals surface area contributed by atoms with E-state index < -0.39 is 0 Å². The van der Waals surface area contributed by atoms with Crippen LogP contribution in [0.1, 0.15) is 12.8 Å². The molecule has 0 bridgehead atoms. The molecule has 0 unspecified atom stereocenters. The Labute approximate surface area is 72.0 Å². The van der Waals surface area contributed by atoms with Crippen molar-refractivity contribution in [1.82, 2.24) is 5.32 Å². The summed E-state index contributed by atoms with van der Waals surface area (Å²) in [7, 11) is 0. The molecule has 2 aliphatic rings. The third-order valence-corrected chi connectivity index (χ3v) is 1.88. The molecule has 1 aliphatic carbocycles. The second-order valence-electron chi connectivity index (χ2n) is 2.63. The molecule has 0 aromatic rings. The quantitative estimate of drug-likeness (QED) is 0.244. The predicted octanol–water partition coefficient (Wildman–Crippen LogP) is -3.33. The van der Waals surface area contributed by atoms with Crippen LogP contribution < -0.4 is 24.2 Å². The maximum atomic E-state index is 9.92. The summed E-state index contributed by atoms with van der Waals surface area (Å²) in [5.41, 5.74) is 0. The second-order valence-corrected chi connectivity index (χ2v) is 2.63. The van der Waals surface area contributed by atoms with Gasteiger partial charge in [-0.25, -0.2) is 6.29 Å². The summed E-state index contributed by atoms with van der Waals surface area (Å²) in [5, 5.41) is 3.06. The number of carbonyl (C=O) groups excluding carboxylic acids is 1. The first-order valence-electron chi connectivity index (χ1n) is 3.05. The van der Waals surface area contributed by atoms with E-state index in [9.17, 15) is 4.79 Å². The minimum absolute atomic E-state index is 0. The fourth-order valence-corrected chi connectivity index (χ4v) is 1.12. The summed E-state index contributed by atoms with van der Waals surface area (Å²) < 4.78 is 0. The van der Waals surface area contributed by atoms with E-state index in [4.69, 9.17) is 0 Å². The van der Waals surface area contributed by atoms with Gasteiger partial charge in [-0.1, -0.05) is 6.04 Å². The summed E-state index contributed by atoms with van der Waals surface area (Å²) in [6.07, 6.45) is 4.58. The third kappa shape index (κ3) is 1.83. The Balaban J connectivity index is 0.000000405. The van der Waals surface area contributed by atoms with Gasteiger partial charge in [-0.2, -0.15) is 0 Å². The van der Waals surface area contributed by atoms with E-state index in [-0.39, 0.29) is 30.4 Å². The fourth-order valence-electron chi connectivity index (χ4n) is 1.12. The molecule has 0 spiro atoms. The molecule has 52 valence electrons. The van der Waals surface area contributed by atoms with E-state index in [0.717, 1.165) is 5.92 Å². The van der Waals surface area contributed by atoms with Crippen molar-refractivity contribution in [2.75, 3.05) is 0 Å². The molecule has 1 heterocycles. The Kier molecular flexibility index (Phi) is 3.61. The van der Waals surface area contributed by atoms with Gasteiger partial charge < -0.3 is 15.6 Å². The third-order valence-electron chi connectivity index (χ3n) is 1.88. The van der Waals surface area contributed by atoms with Crippen LogP contribution in [0.4, 0.5) is 0 Å². The number of hydrogen-bond acceptors (Lipinski definition) is 3. The van der Waals surface area contributed by atoms with Gasteiger partial charge in [0.15, 0.2) is 0 Å². The Morgan fingerprint density at radius 1 is 1.40 bits per heavy atom. The fraction of sp³-hybridized carbons (Fsp3) is 0.833. The van der Waals surface area contributed by atoms with E-state index in [1.165, 1.54) is 12.8 Å². The molecule has 0 aromatic heterocycles. The van der Waals surface area contributed by atoms with Gasteiger partial charge in [0.25, 0.3) is 0 Å². The van der Waals surface area contributed by atoms with Crippen LogP contribution in [-0.4, -0.2) is 23.8 Å². The van der Waals surface area contributed by atoms with Crippen LogP contribution in [0.2, 0.25) is 0 Å². The number of rotatable bonds is 2. The van der Waals surface area contributed by atoms with Gasteiger partial charge in [-0.3, -0.25) is 0 Å². The Bertz CT molecular complexity index is 127. The Morgan fingerprint density at radius 3 is 2.30 bits per heavy atom. The van der Waals surface area contributed by atoms with Gasteiger partial charge in [-0.05, 0) is 24.8 Å². The van der Waals surface area contributed by atoms with Crippen molar-refractivity contribution in [1.29, 1.82) is 0 Å². The normalized spacial score (nSPS) is 35.2. The van der Waals surface area contributed by atoms with Crippen LogP contribution in [0.15, 0.2) is 0 Å². The van der Waals surface area contributed by atoms with E-state index in [1.807, 2.05) is 6.29 Å². The summed E-state index contributed by atoms with van der Waals surface area (Å²) in [6, 6.07) is 0.620. The SMILES string of the molecule is O=[C-][C@@H]1N[C@H]1C1CC1.[Li+].[OH-]. The van der Waals surface area contributed by atoms with Crippen molar-refractivity contribution in [3.8, 4) is 0 Å². The summed E-state index contributed by atoms with van der Waals surface area (Å²) in [5.74, 6) is 0.821. The van der Waals surface area contributed by atoms with Crippen LogP contribution in [0.5, 0.6) is 0 Å². The molecule has 2 fully saturated rings. The van der Waals surface area contributed by atoms with Crippen LogP contribution >= 0.6 is 0 Å². The maximum absolute atomic E-state index is 9.92. The van der Waals surface area contributed by atoms with Gasteiger partial charge in [0.05, 0.1) is 0 Å². The van der Waals surface area contributed by atoms with Gasteiger partial charge in [0, 0.05) is 0 Å².